The van der Waals surface area contributed by atoms with Gasteiger partial charge in [0.15, 0.2) is 0 Å². The Morgan fingerprint density at radius 2 is 2.00 bits per heavy atom. The predicted octanol–water partition coefficient (Wildman–Crippen LogP) is 3.01. The molecule has 114 valence electrons. The van der Waals surface area contributed by atoms with Crippen molar-refractivity contribution in [1.29, 1.82) is 0 Å². The molecule has 0 unspecified atom stereocenters. The predicted molar refractivity (Wildman–Crippen MR) is 80.0 cm³/mol. The van der Waals surface area contributed by atoms with Crippen LogP contribution in [0.15, 0.2) is 18.3 Å². The SMILES string of the molecule is O=C(O)Cc1ccc(NC(=O)CCC2CCCCC2)cn1. The van der Waals surface area contributed by atoms with Crippen molar-refractivity contribution in [3.8, 4) is 0 Å². The van der Waals surface area contributed by atoms with Crippen LogP contribution < -0.4 is 5.32 Å². The lowest BCUT2D eigenvalue weighted by Gasteiger charge is -2.20. The summed E-state index contributed by atoms with van der Waals surface area (Å²) >= 11 is 0. The Hall–Kier alpha value is -1.91. The van der Waals surface area contributed by atoms with Crippen LogP contribution in [-0.4, -0.2) is 22.0 Å². The van der Waals surface area contributed by atoms with Crippen LogP contribution in [0.1, 0.15) is 50.6 Å². The lowest BCUT2D eigenvalue weighted by molar-refractivity contribution is -0.136. The summed E-state index contributed by atoms with van der Waals surface area (Å²) in [6.07, 6.45) is 9.32. The lowest BCUT2D eigenvalue weighted by atomic mass is 9.86. The molecule has 1 aromatic rings. The average molecular weight is 290 g/mol. The van der Waals surface area contributed by atoms with Gasteiger partial charge in [0, 0.05) is 6.42 Å². The van der Waals surface area contributed by atoms with E-state index in [9.17, 15) is 9.59 Å². The summed E-state index contributed by atoms with van der Waals surface area (Å²) in [5.74, 6) is -0.208. The zero-order valence-corrected chi connectivity index (χ0v) is 12.2. The van der Waals surface area contributed by atoms with E-state index in [4.69, 9.17) is 5.11 Å². The van der Waals surface area contributed by atoms with Gasteiger partial charge in [-0.05, 0) is 24.5 Å². The van der Waals surface area contributed by atoms with E-state index < -0.39 is 5.97 Å². The van der Waals surface area contributed by atoms with Crippen LogP contribution in [0.2, 0.25) is 0 Å². The molecule has 5 heteroatoms. The molecule has 0 spiro atoms. The zero-order chi connectivity index (χ0) is 15.1. The molecule has 1 aliphatic rings. The normalized spacial score (nSPS) is 15.6. The van der Waals surface area contributed by atoms with E-state index in [1.807, 2.05) is 0 Å². The minimum atomic E-state index is -0.910. The van der Waals surface area contributed by atoms with Crippen LogP contribution in [-0.2, 0) is 16.0 Å². The highest BCUT2D eigenvalue weighted by molar-refractivity contribution is 5.90. The van der Waals surface area contributed by atoms with Gasteiger partial charge in [0.2, 0.25) is 5.91 Å². The molecule has 2 rings (SSSR count). The maximum atomic E-state index is 11.9. The van der Waals surface area contributed by atoms with Crippen molar-refractivity contribution in [1.82, 2.24) is 4.98 Å². The quantitative estimate of drug-likeness (QED) is 0.844. The number of nitrogens with one attached hydrogen (secondary N) is 1. The largest absolute Gasteiger partial charge is 0.481 e. The Kier molecular flexibility index (Phi) is 5.72. The summed E-state index contributed by atoms with van der Waals surface area (Å²) in [7, 11) is 0. The number of rotatable bonds is 6. The Morgan fingerprint density at radius 1 is 1.24 bits per heavy atom. The summed E-state index contributed by atoms with van der Waals surface area (Å²) in [4.78, 5) is 26.5. The van der Waals surface area contributed by atoms with E-state index >= 15 is 0 Å². The molecule has 0 atom stereocenters. The Morgan fingerprint density at radius 3 is 2.62 bits per heavy atom. The van der Waals surface area contributed by atoms with Gasteiger partial charge in [0.25, 0.3) is 0 Å². The van der Waals surface area contributed by atoms with E-state index in [0.29, 0.717) is 23.7 Å². The molecule has 1 fully saturated rings. The molecule has 0 radical (unpaired) electrons. The number of carboxylic acid groups (broad SMARTS) is 1. The van der Waals surface area contributed by atoms with Gasteiger partial charge in [0.05, 0.1) is 24.0 Å². The fourth-order valence-electron chi connectivity index (χ4n) is 2.79. The third kappa shape index (κ3) is 5.53. The molecule has 1 saturated carbocycles. The second-order valence-corrected chi connectivity index (χ2v) is 5.70. The maximum absolute atomic E-state index is 11.9. The van der Waals surface area contributed by atoms with Crippen LogP contribution in [0.5, 0.6) is 0 Å². The molecular weight excluding hydrogens is 268 g/mol. The maximum Gasteiger partial charge on any atom is 0.309 e. The van der Waals surface area contributed by atoms with Gasteiger partial charge in [-0.3, -0.25) is 14.6 Å². The molecule has 1 aliphatic carbocycles. The topological polar surface area (TPSA) is 79.3 Å². The number of aliphatic carboxylic acids is 1. The highest BCUT2D eigenvalue weighted by Gasteiger charge is 2.14. The number of anilines is 1. The van der Waals surface area contributed by atoms with E-state index in [2.05, 4.69) is 10.3 Å². The highest BCUT2D eigenvalue weighted by atomic mass is 16.4. The Bertz CT molecular complexity index is 479. The van der Waals surface area contributed by atoms with Crippen molar-refractivity contribution in [2.75, 3.05) is 5.32 Å². The van der Waals surface area contributed by atoms with E-state index in [1.54, 1.807) is 12.1 Å². The van der Waals surface area contributed by atoms with E-state index in [0.717, 1.165) is 6.42 Å². The number of hydrogen-bond acceptors (Lipinski definition) is 3. The summed E-state index contributed by atoms with van der Waals surface area (Å²) in [5, 5.41) is 11.5. The minimum absolute atomic E-state index is 0.00774. The van der Waals surface area contributed by atoms with Crippen molar-refractivity contribution in [2.24, 2.45) is 5.92 Å². The highest BCUT2D eigenvalue weighted by Crippen LogP contribution is 2.27. The van der Waals surface area contributed by atoms with Crippen molar-refractivity contribution >= 4 is 17.6 Å². The number of carbonyl (C=O) groups is 2. The minimum Gasteiger partial charge on any atom is -0.481 e. The fourth-order valence-corrected chi connectivity index (χ4v) is 2.79. The van der Waals surface area contributed by atoms with Crippen molar-refractivity contribution in [3.63, 3.8) is 0 Å². The Balaban J connectivity index is 1.75. The molecule has 0 bridgehead atoms. The molecule has 5 nitrogen and oxygen atoms in total. The van der Waals surface area contributed by atoms with Gasteiger partial charge in [-0.15, -0.1) is 0 Å². The first-order valence-electron chi connectivity index (χ1n) is 7.60. The molecule has 0 aromatic carbocycles. The van der Waals surface area contributed by atoms with Crippen LogP contribution in [0.3, 0.4) is 0 Å². The van der Waals surface area contributed by atoms with Gasteiger partial charge in [-0.2, -0.15) is 0 Å². The van der Waals surface area contributed by atoms with Gasteiger partial charge < -0.3 is 10.4 Å². The van der Waals surface area contributed by atoms with Crippen LogP contribution >= 0.6 is 0 Å². The van der Waals surface area contributed by atoms with Gasteiger partial charge in [-0.1, -0.05) is 32.1 Å². The number of hydrogen-bond donors (Lipinski definition) is 2. The molecule has 21 heavy (non-hydrogen) atoms. The molecule has 1 heterocycles. The first-order chi connectivity index (χ1) is 10.1. The third-order valence-electron chi connectivity index (χ3n) is 3.95. The van der Waals surface area contributed by atoms with Gasteiger partial charge in [0.1, 0.15) is 0 Å². The number of amides is 1. The second kappa shape index (κ2) is 7.76. The fraction of sp³-hybridized carbons (Fsp3) is 0.562. The van der Waals surface area contributed by atoms with Crippen LogP contribution in [0.4, 0.5) is 5.69 Å². The lowest BCUT2D eigenvalue weighted by Crippen LogP contribution is -2.15. The summed E-state index contributed by atoms with van der Waals surface area (Å²) in [6.45, 7) is 0. The monoisotopic (exact) mass is 290 g/mol. The number of carboxylic acids is 1. The zero-order valence-electron chi connectivity index (χ0n) is 12.2. The number of aromatic nitrogens is 1. The van der Waals surface area contributed by atoms with Crippen LogP contribution in [0.25, 0.3) is 0 Å². The van der Waals surface area contributed by atoms with E-state index in [-0.39, 0.29) is 12.3 Å². The van der Waals surface area contributed by atoms with Crippen molar-refractivity contribution in [2.45, 2.75) is 51.4 Å². The molecule has 0 saturated heterocycles. The number of nitrogens with zero attached hydrogens (tertiary/aromatic N) is 1. The molecule has 0 aliphatic heterocycles. The standard InChI is InChI=1S/C16H22N2O3/c19-15(9-6-12-4-2-1-3-5-12)18-14-8-7-13(17-11-14)10-16(20)21/h7-8,11-12H,1-6,9-10H2,(H,18,19)(H,20,21). The van der Waals surface area contributed by atoms with Gasteiger partial charge >= 0.3 is 5.97 Å². The number of pyridine rings is 1. The van der Waals surface area contributed by atoms with Crippen molar-refractivity contribution < 1.29 is 14.7 Å². The second-order valence-electron chi connectivity index (χ2n) is 5.70. The van der Waals surface area contributed by atoms with Gasteiger partial charge in [-0.25, -0.2) is 0 Å². The first-order valence-corrected chi connectivity index (χ1v) is 7.60. The Labute approximate surface area is 124 Å². The smallest absolute Gasteiger partial charge is 0.309 e. The van der Waals surface area contributed by atoms with Crippen LogP contribution in [0, 0.1) is 5.92 Å². The average Bonchev–Trinajstić information content (AvgIpc) is 2.48. The molecular formula is C16H22N2O3. The van der Waals surface area contributed by atoms with Crippen molar-refractivity contribution in [3.05, 3.63) is 24.0 Å². The first kappa shape index (κ1) is 15.5. The molecule has 1 aromatic heterocycles. The van der Waals surface area contributed by atoms with E-state index in [1.165, 1.54) is 38.3 Å². The molecule has 1 amide bonds. The summed E-state index contributed by atoms with van der Waals surface area (Å²) in [5.41, 5.74) is 1.11. The summed E-state index contributed by atoms with van der Waals surface area (Å²) in [6, 6.07) is 3.33. The number of carbonyl (C=O) groups excluding carboxylic acids is 1. The third-order valence-corrected chi connectivity index (χ3v) is 3.95. The summed E-state index contributed by atoms with van der Waals surface area (Å²) < 4.78 is 0. The molecule has 2 N–H and O–H groups in total.